The number of nitrogens with two attached hydrogens (primary N) is 2. The zero-order chi connectivity index (χ0) is 38.7. The van der Waals surface area contributed by atoms with Gasteiger partial charge >= 0.3 is 0 Å². The summed E-state index contributed by atoms with van der Waals surface area (Å²) < 4.78 is 6.80. The number of benzene rings is 3. The van der Waals surface area contributed by atoms with E-state index in [9.17, 15) is 4.79 Å². The molecule has 0 radical (unpaired) electrons. The number of rotatable bonds is 17. The van der Waals surface area contributed by atoms with Gasteiger partial charge in [-0.05, 0) is 51.5 Å². The third-order valence-electron chi connectivity index (χ3n) is 9.89. The molecule has 5 rings (SSSR count). The highest BCUT2D eigenvalue weighted by Crippen LogP contribution is 2.58. The standard InChI is InChI=1S/C42H50N10O2/c1-7-23-49(24-8-2)29-31(47-43)27-45-21-22-46-28-32(48-44)30-52-41(53)35-15-13-14-16-36(35)42(52)37-19-17-33(50(9-3)10-4)25-39(37)54-40-26-34(18-20-38(40)42)51(11-5)12-6/h1-2,13-20,25-28H,9-12,21-24,29-30,43-44H2,3-6H3. The summed E-state index contributed by atoms with van der Waals surface area (Å²) in [6.07, 6.45) is 14.1. The van der Waals surface area contributed by atoms with Gasteiger partial charge < -0.3 is 31.1 Å². The molecule has 280 valence electrons. The maximum absolute atomic E-state index is 14.6. The van der Waals surface area contributed by atoms with Crippen LogP contribution in [0.1, 0.15) is 54.7 Å². The van der Waals surface area contributed by atoms with Crippen molar-refractivity contribution in [2.75, 3.05) is 75.2 Å². The minimum Gasteiger partial charge on any atom is -0.456 e. The minimum atomic E-state index is -1.03. The molecule has 2 heterocycles. The van der Waals surface area contributed by atoms with Gasteiger partial charge in [-0.15, -0.1) is 12.8 Å². The van der Waals surface area contributed by atoms with Gasteiger partial charge in [0.25, 0.3) is 5.91 Å². The summed E-state index contributed by atoms with van der Waals surface area (Å²) in [5, 5.41) is 7.92. The van der Waals surface area contributed by atoms with E-state index in [4.69, 9.17) is 29.3 Å². The van der Waals surface area contributed by atoms with Crippen molar-refractivity contribution in [1.82, 2.24) is 9.80 Å². The molecule has 2 aliphatic heterocycles. The van der Waals surface area contributed by atoms with E-state index in [2.05, 4.69) is 106 Å². The van der Waals surface area contributed by atoms with Gasteiger partial charge in [-0.25, -0.2) is 0 Å². The Kier molecular flexibility index (Phi) is 13.1. The number of carbonyl (C=O) groups is 1. The molecule has 0 atom stereocenters. The summed E-state index contributed by atoms with van der Waals surface area (Å²) in [6.45, 7) is 13.8. The van der Waals surface area contributed by atoms with Gasteiger partial charge in [-0.1, -0.05) is 42.2 Å². The van der Waals surface area contributed by atoms with Gasteiger partial charge in [-0.3, -0.25) is 19.7 Å². The van der Waals surface area contributed by atoms with Crippen LogP contribution in [0, 0.1) is 24.7 Å². The molecule has 0 fully saturated rings. The Bertz CT molecular complexity index is 1940. The summed E-state index contributed by atoms with van der Waals surface area (Å²) >= 11 is 0. The van der Waals surface area contributed by atoms with Crippen molar-refractivity contribution in [1.29, 1.82) is 0 Å². The van der Waals surface area contributed by atoms with E-state index in [-0.39, 0.29) is 12.5 Å². The van der Waals surface area contributed by atoms with E-state index in [1.807, 2.05) is 34.1 Å². The van der Waals surface area contributed by atoms with Crippen LogP contribution in [0.2, 0.25) is 0 Å². The van der Waals surface area contributed by atoms with Crippen molar-refractivity contribution in [3.8, 4) is 36.2 Å². The molecule has 0 bridgehead atoms. The number of hydrogen-bond donors (Lipinski definition) is 2. The molecule has 4 N–H and O–H groups in total. The fraction of sp³-hybridized carbons (Fsp3) is 0.357. The molecule has 0 saturated heterocycles. The molecule has 0 saturated carbocycles. The fourth-order valence-corrected chi connectivity index (χ4v) is 7.33. The molecule has 0 aliphatic carbocycles. The maximum Gasteiger partial charge on any atom is 0.255 e. The third kappa shape index (κ3) is 7.66. The lowest BCUT2D eigenvalue weighted by Crippen LogP contribution is -2.49. The predicted octanol–water partition coefficient (Wildman–Crippen LogP) is 4.57. The molecule has 2 aliphatic rings. The van der Waals surface area contributed by atoms with Crippen LogP contribution in [0.3, 0.4) is 0 Å². The highest BCUT2D eigenvalue weighted by Gasteiger charge is 2.56. The zero-order valence-electron chi connectivity index (χ0n) is 31.7. The molecule has 3 aromatic carbocycles. The van der Waals surface area contributed by atoms with E-state index >= 15 is 0 Å². The van der Waals surface area contributed by atoms with Crippen molar-refractivity contribution < 1.29 is 9.53 Å². The molecule has 12 heteroatoms. The molecule has 3 aromatic rings. The normalized spacial score (nSPS) is 14.6. The van der Waals surface area contributed by atoms with Gasteiger partial charge in [0.05, 0.1) is 44.1 Å². The first-order chi connectivity index (χ1) is 26.3. The number of aliphatic imine (C=N–C) groups is 2. The lowest BCUT2D eigenvalue weighted by atomic mass is 9.74. The van der Waals surface area contributed by atoms with Crippen molar-refractivity contribution in [3.05, 3.63) is 82.9 Å². The molecule has 1 amide bonds. The van der Waals surface area contributed by atoms with Gasteiger partial charge in [-0.2, -0.15) is 10.2 Å². The monoisotopic (exact) mass is 726 g/mol. The number of anilines is 2. The highest BCUT2D eigenvalue weighted by molar-refractivity contribution is 6.32. The zero-order valence-corrected chi connectivity index (χ0v) is 31.7. The maximum atomic E-state index is 14.6. The number of amides is 1. The Labute approximate surface area is 319 Å². The molecule has 12 nitrogen and oxygen atoms in total. The Morgan fingerprint density at radius 2 is 1.30 bits per heavy atom. The van der Waals surface area contributed by atoms with E-state index in [1.54, 1.807) is 12.4 Å². The van der Waals surface area contributed by atoms with Crippen LogP contribution in [0.25, 0.3) is 0 Å². The number of hydrogen-bond acceptors (Lipinski definition) is 11. The van der Waals surface area contributed by atoms with Crippen molar-refractivity contribution >= 4 is 41.1 Å². The van der Waals surface area contributed by atoms with Gasteiger partial charge in [0.1, 0.15) is 17.0 Å². The van der Waals surface area contributed by atoms with E-state index in [0.29, 0.717) is 61.2 Å². The molecular weight excluding hydrogens is 677 g/mol. The number of fused-ring (bicyclic) bond motifs is 6. The molecular formula is C42H50N10O2. The van der Waals surface area contributed by atoms with Gasteiger partial charge in [0, 0.05) is 85.4 Å². The molecule has 54 heavy (non-hydrogen) atoms. The van der Waals surface area contributed by atoms with Crippen LogP contribution in [-0.2, 0) is 5.54 Å². The summed E-state index contributed by atoms with van der Waals surface area (Å²) in [6, 6.07) is 20.4. The summed E-state index contributed by atoms with van der Waals surface area (Å²) in [4.78, 5) is 31.9. The van der Waals surface area contributed by atoms with E-state index in [0.717, 1.165) is 54.2 Å². The molecule has 0 aromatic heterocycles. The largest absolute Gasteiger partial charge is 0.456 e. The quantitative estimate of drug-likeness (QED) is 0.0683. The Hall–Kier alpha value is -6.11. The minimum absolute atomic E-state index is 0.0927. The number of nitrogens with zero attached hydrogens (tertiary/aromatic N) is 8. The first-order valence-corrected chi connectivity index (χ1v) is 18.3. The fourth-order valence-electron chi connectivity index (χ4n) is 7.33. The van der Waals surface area contributed by atoms with Crippen LogP contribution in [0.15, 0.2) is 80.9 Å². The van der Waals surface area contributed by atoms with Crippen LogP contribution < -0.4 is 26.2 Å². The summed E-state index contributed by atoms with van der Waals surface area (Å²) in [7, 11) is 0. The second-order valence-electron chi connectivity index (χ2n) is 12.8. The van der Waals surface area contributed by atoms with Gasteiger partial charge in [0.2, 0.25) is 0 Å². The number of carbonyl (C=O) groups excluding carboxylic acids is 1. The van der Waals surface area contributed by atoms with Crippen LogP contribution in [0.5, 0.6) is 11.5 Å². The smallest absolute Gasteiger partial charge is 0.255 e. The second-order valence-corrected chi connectivity index (χ2v) is 12.8. The van der Waals surface area contributed by atoms with Crippen molar-refractivity contribution in [3.63, 3.8) is 0 Å². The highest BCUT2D eigenvalue weighted by atomic mass is 16.5. The average Bonchev–Trinajstić information content (AvgIpc) is 3.43. The summed E-state index contributed by atoms with van der Waals surface area (Å²) in [5.41, 5.74) is 5.23. The molecule has 0 unspecified atom stereocenters. The Balaban J connectivity index is 1.51. The SMILES string of the molecule is C#CCN(CC#C)CC(C=NCCN=CC(CN1C(=O)c2ccccc2C12c1ccc(N(CC)CC)cc1Oc1cc(N(CC)CC)ccc12)=NN)=NN. The average molecular weight is 727 g/mol. The lowest BCUT2D eigenvalue weighted by Gasteiger charge is -2.44. The van der Waals surface area contributed by atoms with Gasteiger partial charge in [0.15, 0.2) is 0 Å². The summed E-state index contributed by atoms with van der Waals surface area (Å²) in [5.74, 6) is 18.0. The predicted molar refractivity (Wildman–Crippen MR) is 222 cm³/mol. The van der Waals surface area contributed by atoms with Crippen molar-refractivity contribution in [2.45, 2.75) is 33.2 Å². The number of hydrazone groups is 2. The molecule has 1 spiro atoms. The number of terminal acetylenes is 2. The first-order valence-electron chi connectivity index (χ1n) is 18.3. The van der Waals surface area contributed by atoms with E-state index < -0.39 is 5.54 Å². The Morgan fingerprint density at radius 1 is 0.778 bits per heavy atom. The van der Waals surface area contributed by atoms with Crippen LogP contribution >= 0.6 is 0 Å². The van der Waals surface area contributed by atoms with Crippen LogP contribution in [0.4, 0.5) is 11.4 Å². The van der Waals surface area contributed by atoms with Crippen LogP contribution in [-0.4, -0.2) is 105 Å². The van der Waals surface area contributed by atoms with E-state index in [1.165, 1.54) is 0 Å². The topological polar surface area (TPSA) is 141 Å². The Morgan fingerprint density at radius 3 is 1.80 bits per heavy atom. The third-order valence-corrected chi connectivity index (χ3v) is 9.89. The first kappa shape index (κ1) is 39.1. The second kappa shape index (κ2) is 18.1. The van der Waals surface area contributed by atoms with Crippen molar-refractivity contribution in [2.24, 2.45) is 31.9 Å². The lowest BCUT2D eigenvalue weighted by molar-refractivity contribution is 0.0704. The number of ether oxygens (including phenoxy) is 1.